The van der Waals surface area contributed by atoms with Gasteiger partial charge in [0.1, 0.15) is 17.3 Å². The number of anilines is 1. The van der Waals surface area contributed by atoms with Crippen molar-refractivity contribution in [2.24, 2.45) is 5.73 Å². The summed E-state index contributed by atoms with van der Waals surface area (Å²) in [4.78, 5) is 24.8. The monoisotopic (exact) mass is 434 g/mol. The van der Waals surface area contributed by atoms with E-state index in [1.807, 2.05) is 34.9 Å². The van der Waals surface area contributed by atoms with Crippen molar-refractivity contribution < 1.29 is 9.90 Å². The Morgan fingerprint density at radius 1 is 1.19 bits per heavy atom. The predicted octanol–water partition coefficient (Wildman–Crippen LogP) is 2.41. The maximum atomic E-state index is 10.9. The lowest BCUT2D eigenvalue weighted by Gasteiger charge is -2.11. The number of H-pyrrole nitrogens is 1. The number of benzene rings is 1. The van der Waals surface area contributed by atoms with Gasteiger partial charge in [0.25, 0.3) is 0 Å². The number of nitrogens with zero attached hydrogens (tertiary/aromatic N) is 5. The molecule has 1 aromatic carbocycles. The molecule has 0 bridgehead atoms. The molecule has 5 N–H and O–H groups in total. The topological polar surface area (TPSA) is 148 Å². The van der Waals surface area contributed by atoms with Crippen LogP contribution in [0.15, 0.2) is 42.9 Å². The number of aromatic nitrogens is 6. The second kappa shape index (κ2) is 9.15. The van der Waals surface area contributed by atoms with E-state index in [1.165, 1.54) is 0 Å². The standard InChI is InChI=1S/C22H26N8O2/c1-13(2)30-12-25-18-20(27-19(28-21(18)30)17-8-10-26-29-17)24-9-7-14-3-5-15(6-4-14)11-16(23)22(31)32/h3-6,8,10,12-13,16H,7,9,11,23H2,1-2H3,(H,26,29)(H,31,32)(H,24,27,28)/t16-/m0/s1. The average molecular weight is 435 g/mol. The van der Waals surface area contributed by atoms with Crippen LogP contribution in [0, 0.1) is 0 Å². The van der Waals surface area contributed by atoms with E-state index >= 15 is 0 Å². The smallest absolute Gasteiger partial charge is 0.320 e. The van der Waals surface area contributed by atoms with Crippen LogP contribution in [0.5, 0.6) is 0 Å². The number of carbonyl (C=O) groups is 1. The number of rotatable bonds is 9. The molecular formula is C22H26N8O2. The molecule has 32 heavy (non-hydrogen) atoms. The minimum absolute atomic E-state index is 0.213. The number of hydrogen-bond donors (Lipinski definition) is 4. The largest absolute Gasteiger partial charge is 0.480 e. The fourth-order valence-electron chi connectivity index (χ4n) is 3.43. The number of nitrogens with two attached hydrogens (primary N) is 1. The number of aromatic amines is 1. The van der Waals surface area contributed by atoms with Crippen molar-refractivity contribution in [2.75, 3.05) is 11.9 Å². The maximum absolute atomic E-state index is 10.9. The van der Waals surface area contributed by atoms with Crippen LogP contribution in [0.1, 0.15) is 31.0 Å². The lowest BCUT2D eigenvalue weighted by atomic mass is 10.0. The van der Waals surface area contributed by atoms with Crippen LogP contribution < -0.4 is 11.1 Å². The van der Waals surface area contributed by atoms with E-state index in [-0.39, 0.29) is 6.04 Å². The van der Waals surface area contributed by atoms with Gasteiger partial charge in [-0.3, -0.25) is 9.89 Å². The van der Waals surface area contributed by atoms with Gasteiger partial charge < -0.3 is 20.7 Å². The molecule has 0 aliphatic rings. The van der Waals surface area contributed by atoms with Gasteiger partial charge in [0, 0.05) is 18.8 Å². The summed E-state index contributed by atoms with van der Waals surface area (Å²) < 4.78 is 2.02. The van der Waals surface area contributed by atoms with E-state index < -0.39 is 12.0 Å². The Bertz CT molecular complexity index is 1200. The minimum atomic E-state index is -0.996. The number of hydrogen-bond acceptors (Lipinski definition) is 7. The normalized spacial score (nSPS) is 12.4. The Labute approximate surface area is 184 Å². The molecule has 10 nitrogen and oxygen atoms in total. The first kappa shape index (κ1) is 21.4. The van der Waals surface area contributed by atoms with Crippen molar-refractivity contribution in [3.63, 3.8) is 0 Å². The number of imidazole rings is 1. The van der Waals surface area contributed by atoms with Crippen molar-refractivity contribution in [2.45, 2.75) is 38.8 Å². The fourth-order valence-corrected chi connectivity index (χ4v) is 3.43. The molecule has 4 aromatic rings. The predicted molar refractivity (Wildman–Crippen MR) is 121 cm³/mol. The van der Waals surface area contributed by atoms with E-state index in [2.05, 4.69) is 39.3 Å². The Morgan fingerprint density at radius 2 is 1.94 bits per heavy atom. The Hall–Kier alpha value is -3.79. The van der Waals surface area contributed by atoms with Gasteiger partial charge in [0.05, 0.1) is 6.33 Å². The highest BCUT2D eigenvalue weighted by Gasteiger charge is 2.16. The van der Waals surface area contributed by atoms with Crippen LogP contribution in [0.3, 0.4) is 0 Å². The Kier molecular flexibility index (Phi) is 6.13. The summed E-state index contributed by atoms with van der Waals surface area (Å²) in [7, 11) is 0. The minimum Gasteiger partial charge on any atom is -0.480 e. The van der Waals surface area contributed by atoms with Crippen molar-refractivity contribution >= 4 is 23.0 Å². The molecule has 0 aliphatic carbocycles. The lowest BCUT2D eigenvalue weighted by molar-refractivity contribution is -0.138. The third-order valence-corrected chi connectivity index (χ3v) is 5.22. The Balaban J connectivity index is 1.50. The summed E-state index contributed by atoms with van der Waals surface area (Å²) in [5.74, 6) is 0.228. The highest BCUT2D eigenvalue weighted by molar-refractivity contribution is 5.85. The molecule has 0 fully saturated rings. The fraction of sp³-hybridized carbons (Fsp3) is 0.318. The van der Waals surface area contributed by atoms with Gasteiger partial charge in [0.15, 0.2) is 17.3 Å². The summed E-state index contributed by atoms with van der Waals surface area (Å²) in [5, 5.41) is 19.3. The molecule has 0 saturated carbocycles. The van der Waals surface area contributed by atoms with Gasteiger partial charge in [-0.2, -0.15) is 5.10 Å². The van der Waals surface area contributed by atoms with Gasteiger partial charge >= 0.3 is 5.97 Å². The maximum Gasteiger partial charge on any atom is 0.320 e. The highest BCUT2D eigenvalue weighted by atomic mass is 16.4. The zero-order valence-electron chi connectivity index (χ0n) is 18.0. The van der Waals surface area contributed by atoms with Crippen molar-refractivity contribution in [1.29, 1.82) is 0 Å². The zero-order valence-corrected chi connectivity index (χ0v) is 18.0. The van der Waals surface area contributed by atoms with Gasteiger partial charge in [0.2, 0.25) is 0 Å². The third-order valence-electron chi connectivity index (χ3n) is 5.22. The zero-order chi connectivity index (χ0) is 22.7. The van der Waals surface area contributed by atoms with E-state index in [4.69, 9.17) is 15.8 Å². The number of carboxylic acid groups (broad SMARTS) is 1. The van der Waals surface area contributed by atoms with Gasteiger partial charge in [-0.1, -0.05) is 24.3 Å². The quantitative estimate of drug-likeness (QED) is 0.314. The molecule has 0 saturated heterocycles. The summed E-state index contributed by atoms with van der Waals surface area (Å²) in [6.07, 6.45) is 4.53. The molecule has 0 unspecified atom stereocenters. The number of nitrogens with one attached hydrogen (secondary N) is 2. The van der Waals surface area contributed by atoms with Crippen molar-refractivity contribution in [1.82, 2.24) is 29.7 Å². The van der Waals surface area contributed by atoms with Crippen LogP contribution in [0.25, 0.3) is 22.7 Å². The number of fused-ring (bicyclic) bond motifs is 1. The molecule has 0 aliphatic heterocycles. The van der Waals surface area contributed by atoms with E-state index in [0.29, 0.717) is 24.6 Å². The third kappa shape index (κ3) is 4.59. The van der Waals surface area contributed by atoms with E-state index in [9.17, 15) is 4.79 Å². The van der Waals surface area contributed by atoms with Crippen LogP contribution in [0.4, 0.5) is 5.82 Å². The number of carboxylic acids is 1. The molecule has 1 atom stereocenters. The lowest BCUT2D eigenvalue weighted by Crippen LogP contribution is -2.32. The summed E-state index contributed by atoms with van der Waals surface area (Å²) >= 11 is 0. The first-order valence-corrected chi connectivity index (χ1v) is 10.5. The Morgan fingerprint density at radius 3 is 2.59 bits per heavy atom. The first-order valence-electron chi connectivity index (χ1n) is 10.5. The van der Waals surface area contributed by atoms with Crippen molar-refractivity contribution in [3.05, 3.63) is 54.0 Å². The molecule has 0 spiro atoms. The SMILES string of the molecule is CC(C)n1cnc2c(NCCc3ccc(C[C@H](N)C(=O)O)cc3)nc(-c3ccn[nH]3)nc21. The van der Waals surface area contributed by atoms with Crippen molar-refractivity contribution in [3.8, 4) is 11.5 Å². The summed E-state index contributed by atoms with van der Waals surface area (Å²) in [6.45, 7) is 4.81. The molecule has 3 heterocycles. The highest BCUT2D eigenvalue weighted by Crippen LogP contribution is 2.25. The summed E-state index contributed by atoms with van der Waals surface area (Å²) in [6, 6.07) is 8.97. The molecule has 166 valence electrons. The molecule has 10 heteroatoms. The van der Waals surface area contributed by atoms with E-state index in [1.54, 1.807) is 12.5 Å². The van der Waals surface area contributed by atoms with Crippen LogP contribution in [-0.2, 0) is 17.6 Å². The first-order chi connectivity index (χ1) is 15.4. The van der Waals surface area contributed by atoms with Gasteiger partial charge in [-0.25, -0.2) is 15.0 Å². The number of aliphatic carboxylic acids is 1. The van der Waals surface area contributed by atoms with Crippen LogP contribution in [0.2, 0.25) is 0 Å². The molecule has 4 rings (SSSR count). The van der Waals surface area contributed by atoms with Gasteiger partial charge in [-0.15, -0.1) is 0 Å². The van der Waals surface area contributed by atoms with E-state index in [0.717, 1.165) is 34.4 Å². The molecule has 0 radical (unpaired) electrons. The van der Waals surface area contributed by atoms with Gasteiger partial charge in [-0.05, 0) is 43.9 Å². The van der Waals surface area contributed by atoms with Crippen LogP contribution in [-0.4, -0.2) is 53.4 Å². The average Bonchev–Trinajstić information content (AvgIpc) is 3.45. The molecule has 3 aromatic heterocycles. The summed E-state index contributed by atoms with van der Waals surface area (Å²) in [5.41, 5.74) is 9.86. The molecular weight excluding hydrogens is 408 g/mol. The second-order valence-corrected chi connectivity index (χ2v) is 7.93. The molecule has 0 amide bonds. The van der Waals surface area contributed by atoms with Crippen LogP contribution >= 0.6 is 0 Å². The second-order valence-electron chi connectivity index (χ2n) is 7.93.